The van der Waals surface area contributed by atoms with Gasteiger partial charge >= 0.3 is 0 Å². The van der Waals surface area contributed by atoms with Gasteiger partial charge in [-0.1, -0.05) is 17.4 Å². The molecule has 0 saturated heterocycles. The molecule has 0 aliphatic rings. The van der Waals surface area contributed by atoms with Gasteiger partial charge in [0.15, 0.2) is 10.8 Å². The smallest absolute Gasteiger partial charge is 0.280 e. The lowest BCUT2D eigenvalue weighted by Gasteiger charge is -2.21. The van der Waals surface area contributed by atoms with Crippen molar-refractivity contribution in [1.29, 1.82) is 0 Å². The minimum atomic E-state index is -0.134. The highest BCUT2D eigenvalue weighted by Gasteiger charge is 2.25. The molecular formula is C21H29N5O2S. The van der Waals surface area contributed by atoms with Crippen LogP contribution in [0.5, 0.6) is 5.75 Å². The van der Waals surface area contributed by atoms with Crippen molar-refractivity contribution in [1.82, 2.24) is 19.7 Å². The van der Waals surface area contributed by atoms with Crippen LogP contribution in [0.1, 0.15) is 41.6 Å². The summed E-state index contributed by atoms with van der Waals surface area (Å²) in [4.78, 5) is 22.0. The topological polar surface area (TPSA) is 63.5 Å². The number of hydrogen-bond acceptors (Lipinski definition) is 6. The Balaban J connectivity index is 2.05. The van der Waals surface area contributed by atoms with E-state index in [9.17, 15) is 4.79 Å². The maximum absolute atomic E-state index is 13.4. The summed E-state index contributed by atoms with van der Waals surface area (Å²) in [5, 5.41) is 5.22. The standard InChI is InChI=1S/C21H29N5O2S/c1-13(2)26-15(4)12-16(23-26)20(27)25(11-10-24(5)6)21-22-18-17(28-7)9-8-14(3)19(18)29-21/h8-9,12-13H,10-11H2,1-7H3. The molecule has 0 saturated carbocycles. The second kappa shape index (κ2) is 8.51. The molecule has 156 valence electrons. The Morgan fingerprint density at radius 3 is 2.55 bits per heavy atom. The van der Waals surface area contributed by atoms with Gasteiger partial charge in [-0.15, -0.1) is 0 Å². The van der Waals surface area contributed by atoms with Crippen LogP contribution in [0.15, 0.2) is 18.2 Å². The Morgan fingerprint density at radius 1 is 1.24 bits per heavy atom. The lowest BCUT2D eigenvalue weighted by molar-refractivity contribution is 0.0979. The van der Waals surface area contributed by atoms with Crippen molar-refractivity contribution in [2.45, 2.75) is 33.7 Å². The van der Waals surface area contributed by atoms with Crippen molar-refractivity contribution in [3.05, 3.63) is 35.2 Å². The number of aromatic nitrogens is 3. The zero-order valence-corrected chi connectivity index (χ0v) is 19.0. The first-order chi connectivity index (χ1) is 13.7. The first-order valence-electron chi connectivity index (χ1n) is 9.69. The third-order valence-corrected chi connectivity index (χ3v) is 6.00. The molecule has 7 nitrogen and oxygen atoms in total. The lowest BCUT2D eigenvalue weighted by Crippen LogP contribution is -2.37. The predicted molar refractivity (Wildman–Crippen MR) is 118 cm³/mol. The summed E-state index contributed by atoms with van der Waals surface area (Å²) in [5.74, 6) is 0.582. The number of hydrogen-bond donors (Lipinski definition) is 0. The van der Waals surface area contributed by atoms with Gasteiger partial charge in [0.2, 0.25) is 0 Å². The molecule has 0 spiro atoms. The van der Waals surface area contributed by atoms with E-state index in [4.69, 9.17) is 9.72 Å². The number of methoxy groups -OCH3 is 1. The summed E-state index contributed by atoms with van der Waals surface area (Å²) in [5.41, 5.74) is 3.32. The van der Waals surface area contributed by atoms with Gasteiger partial charge in [0.05, 0.1) is 11.8 Å². The molecule has 1 aromatic carbocycles. The number of carbonyl (C=O) groups is 1. The number of fused-ring (bicyclic) bond motifs is 1. The molecule has 0 bridgehead atoms. The molecule has 3 aromatic rings. The summed E-state index contributed by atoms with van der Waals surface area (Å²) >= 11 is 1.51. The number of aryl methyl sites for hydroxylation is 2. The van der Waals surface area contributed by atoms with E-state index >= 15 is 0 Å². The highest BCUT2D eigenvalue weighted by atomic mass is 32.1. The second-order valence-corrected chi connectivity index (χ2v) is 8.71. The van der Waals surface area contributed by atoms with Gasteiger partial charge < -0.3 is 9.64 Å². The van der Waals surface area contributed by atoms with Crippen LogP contribution in [-0.4, -0.2) is 59.9 Å². The Labute approximate surface area is 175 Å². The highest BCUT2D eigenvalue weighted by molar-refractivity contribution is 7.22. The van der Waals surface area contributed by atoms with Crippen molar-refractivity contribution in [3.8, 4) is 5.75 Å². The van der Waals surface area contributed by atoms with Crippen molar-refractivity contribution >= 4 is 32.6 Å². The van der Waals surface area contributed by atoms with E-state index < -0.39 is 0 Å². The monoisotopic (exact) mass is 415 g/mol. The van der Waals surface area contributed by atoms with Crippen molar-refractivity contribution < 1.29 is 9.53 Å². The number of nitrogens with zero attached hydrogens (tertiary/aromatic N) is 5. The predicted octanol–water partition coefficient (Wildman–Crippen LogP) is 3.91. The molecule has 8 heteroatoms. The first kappa shape index (κ1) is 21.3. The molecule has 0 aliphatic heterocycles. The van der Waals surface area contributed by atoms with Gasteiger partial charge in [-0.25, -0.2) is 4.98 Å². The third kappa shape index (κ3) is 4.28. The molecule has 0 aliphatic carbocycles. The van der Waals surface area contributed by atoms with Gasteiger partial charge in [0, 0.05) is 24.8 Å². The van der Waals surface area contributed by atoms with Gasteiger partial charge in [-0.2, -0.15) is 5.10 Å². The molecule has 29 heavy (non-hydrogen) atoms. The van der Waals surface area contributed by atoms with Gasteiger partial charge in [0.25, 0.3) is 5.91 Å². The lowest BCUT2D eigenvalue weighted by atomic mass is 10.2. The summed E-state index contributed by atoms with van der Waals surface area (Å²) in [6.07, 6.45) is 0. The van der Waals surface area contributed by atoms with E-state index in [0.29, 0.717) is 23.1 Å². The summed E-state index contributed by atoms with van der Waals surface area (Å²) < 4.78 is 8.39. The van der Waals surface area contributed by atoms with Crippen LogP contribution < -0.4 is 9.64 Å². The fraction of sp³-hybridized carbons (Fsp3) is 0.476. The van der Waals surface area contributed by atoms with Crippen LogP contribution in [-0.2, 0) is 0 Å². The average molecular weight is 416 g/mol. The van der Waals surface area contributed by atoms with Crippen LogP contribution in [0.25, 0.3) is 10.2 Å². The Morgan fingerprint density at radius 2 is 1.97 bits per heavy atom. The third-order valence-electron chi connectivity index (χ3n) is 4.79. The Bertz CT molecular complexity index is 1020. The first-order valence-corrected chi connectivity index (χ1v) is 10.5. The fourth-order valence-corrected chi connectivity index (χ4v) is 4.29. The summed E-state index contributed by atoms with van der Waals surface area (Å²) in [6.45, 7) is 9.38. The number of rotatable bonds is 7. The zero-order valence-electron chi connectivity index (χ0n) is 18.2. The molecule has 0 fully saturated rings. The van der Waals surface area contributed by atoms with E-state index in [1.54, 1.807) is 12.0 Å². The average Bonchev–Trinajstić information content (AvgIpc) is 3.26. The van der Waals surface area contributed by atoms with Crippen LogP contribution in [0.2, 0.25) is 0 Å². The number of carbonyl (C=O) groups excluding carboxylic acids is 1. The molecule has 0 radical (unpaired) electrons. The van der Waals surface area contributed by atoms with Gasteiger partial charge in [0.1, 0.15) is 11.3 Å². The van der Waals surface area contributed by atoms with E-state index in [1.807, 2.05) is 50.8 Å². The quantitative estimate of drug-likeness (QED) is 0.585. The number of ether oxygens (including phenoxy) is 1. The normalized spacial score (nSPS) is 11.6. The number of thiazole rings is 1. The summed E-state index contributed by atoms with van der Waals surface area (Å²) in [6, 6.07) is 5.98. The van der Waals surface area contributed by atoms with Gasteiger partial charge in [-0.3, -0.25) is 14.4 Å². The minimum absolute atomic E-state index is 0.134. The van der Waals surface area contributed by atoms with E-state index in [1.165, 1.54) is 11.3 Å². The van der Waals surface area contributed by atoms with Crippen LogP contribution >= 0.6 is 11.3 Å². The maximum Gasteiger partial charge on any atom is 0.280 e. The largest absolute Gasteiger partial charge is 0.494 e. The fourth-order valence-electron chi connectivity index (χ4n) is 3.22. The van der Waals surface area contributed by atoms with Crippen LogP contribution in [0, 0.1) is 13.8 Å². The second-order valence-electron chi connectivity index (χ2n) is 7.73. The molecule has 2 aromatic heterocycles. The van der Waals surface area contributed by atoms with Crippen molar-refractivity contribution in [2.75, 3.05) is 39.2 Å². The minimum Gasteiger partial charge on any atom is -0.494 e. The molecule has 2 heterocycles. The molecule has 0 N–H and O–H groups in total. The van der Waals surface area contributed by atoms with E-state index in [2.05, 4.69) is 23.8 Å². The van der Waals surface area contributed by atoms with Crippen LogP contribution in [0.3, 0.4) is 0 Å². The Hall–Kier alpha value is -2.45. The molecule has 0 atom stereocenters. The molecule has 0 unspecified atom stereocenters. The highest BCUT2D eigenvalue weighted by Crippen LogP contribution is 2.36. The Kier molecular flexibility index (Phi) is 6.24. The number of anilines is 1. The van der Waals surface area contributed by atoms with Gasteiger partial charge in [-0.05, 0) is 59.5 Å². The number of benzene rings is 1. The number of likely N-dealkylation sites (N-methyl/N-ethyl adjacent to an activating group) is 1. The van der Waals surface area contributed by atoms with E-state index in [0.717, 1.165) is 28.0 Å². The maximum atomic E-state index is 13.4. The van der Waals surface area contributed by atoms with Crippen molar-refractivity contribution in [3.63, 3.8) is 0 Å². The summed E-state index contributed by atoms with van der Waals surface area (Å²) in [7, 11) is 5.62. The molecular weight excluding hydrogens is 386 g/mol. The van der Waals surface area contributed by atoms with E-state index in [-0.39, 0.29) is 11.9 Å². The van der Waals surface area contributed by atoms with Crippen LogP contribution in [0.4, 0.5) is 5.13 Å². The number of amides is 1. The zero-order chi connectivity index (χ0) is 21.3. The molecule has 1 amide bonds. The van der Waals surface area contributed by atoms with Crippen molar-refractivity contribution in [2.24, 2.45) is 0 Å². The molecule has 3 rings (SSSR count). The SMILES string of the molecule is COc1ccc(C)c2sc(N(CCN(C)C)C(=O)c3cc(C)n(C(C)C)n3)nc12.